The monoisotopic (exact) mass is 281 g/mol. The van der Waals surface area contributed by atoms with E-state index in [0.29, 0.717) is 6.42 Å². The molecule has 0 spiro atoms. The molecular formula is C15H15N5O. The molecule has 2 saturated heterocycles. The highest BCUT2D eigenvalue weighted by Gasteiger charge is 2.53. The van der Waals surface area contributed by atoms with E-state index in [1.807, 2.05) is 30.3 Å². The van der Waals surface area contributed by atoms with Gasteiger partial charge in [-0.1, -0.05) is 18.2 Å². The second kappa shape index (κ2) is 4.64. The van der Waals surface area contributed by atoms with Crippen molar-refractivity contribution in [2.75, 3.05) is 0 Å². The molecule has 3 atom stereocenters. The zero-order valence-corrected chi connectivity index (χ0v) is 11.5. The highest BCUT2D eigenvalue weighted by Crippen LogP contribution is 2.49. The molecule has 2 bridgehead atoms. The quantitative estimate of drug-likeness (QED) is 0.855. The molecule has 0 amide bonds. The number of benzene rings is 1. The fourth-order valence-electron chi connectivity index (χ4n) is 3.51. The van der Waals surface area contributed by atoms with E-state index in [-0.39, 0.29) is 12.2 Å². The van der Waals surface area contributed by atoms with Gasteiger partial charge in [0.25, 0.3) is 0 Å². The Hall–Kier alpha value is -2.26. The summed E-state index contributed by atoms with van der Waals surface area (Å²) in [7, 11) is 0. The van der Waals surface area contributed by atoms with Gasteiger partial charge in [0, 0.05) is 6.42 Å². The SMILES string of the molecule is N#CC1(Cc2nnnn2-c2ccccc2)CC2CCC1O2. The van der Waals surface area contributed by atoms with E-state index >= 15 is 0 Å². The Morgan fingerprint density at radius 3 is 2.86 bits per heavy atom. The number of tetrazole rings is 1. The van der Waals surface area contributed by atoms with Gasteiger partial charge in [-0.25, -0.2) is 0 Å². The lowest BCUT2D eigenvalue weighted by Gasteiger charge is -2.27. The van der Waals surface area contributed by atoms with Gasteiger partial charge in [-0.15, -0.1) is 5.10 Å². The zero-order chi connectivity index (χ0) is 14.3. The van der Waals surface area contributed by atoms with Crippen LogP contribution in [0.15, 0.2) is 30.3 Å². The van der Waals surface area contributed by atoms with Gasteiger partial charge in [0.2, 0.25) is 0 Å². The van der Waals surface area contributed by atoms with E-state index in [0.717, 1.165) is 30.8 Å². The molecule has 2 fully saturated rings. The van der Waals surface area contributed by atoms with E-state index in [9.17, 15) is 5.26 Å². The Morgan fingerprint density at radius 2 is 2.19 bits per heavy atom. The largest absolute Gasteiger partial charge is 0.373 e. The molecule has 0 saturated carbocycles. The average molecular weight is 281 g/mol. The van der Waals surface area contributed by atoms with Gasteiger partial charge in [-0.3, -0.25) is 0 Å². The number of hydrogen-bond donors (Lipinski definition) is 0. The fraction of sp³-hybridized carbons (Fsp3) is 0.467. The van der Waals surface area contributed by atoms with Gasteiger partial charge >= 0.3 is 0 Å². The van der Waals surface area contributed by atoms with Crippen molar-refractivity contribution in [2.45, 2.75) is 37.9 Å². The van der Waals surface area contributed by atoms with Crippen molar-refractivity contribution in [1.82, 2.24) is 20.2 Å². The average Bonchev–Trinajstić information content (AvgIpc) is 3.24. The maximum Gasteiger partial charge on any atom is 0.158 e. The molecule has 0 aliphatic carbocycles. The minimum absolute atomic E-state index is 0.0217. The maximum absolute atomic E-state index is 9.69. The number of rotatable bonds is 3. The van der Waals surface area contributed by atoms with E-state index in [2.05, 4.69) is 21.6 Å². The van der Waals surface area contributed by atoms with Crippen LogP contribution in [-0.4, -0.2) is 32.4 Å². The summed E-state index contributed by atoms with van der Waals surface area (Å²) in [6.45, 7) is 0. The summed E-state index contributed by atoms with van der Waals surface area (Å²) in [6.07, 6.45) is 3.61. The van der Waals surface area contributed by atoms with Crippen LogP contribution in [0.5, 0.6) is 0 Å². The molecule has 4 rings (SSSR count). The third kappa shape index (κ3) is 1.93. The highest BCUT2D eigenvalue weighted by molar-refractivity contribution is 5.31. The number of para-hydroxylation sites is 1. The maximum atomic E-state index is 9.69. The van der Waals surface area contributed by atoms with Crippen LogP contribution in [0.3, 0.4) is 0 Å². The molecule has 2 aliphatic heterocycles. The highest BCUT2D eigenvalue weighted by atomic mass is 16.5. The topological polar surface area (TPSA) is 76.6 Å². The lowest BCUT2D eigenvalue weighted by Crippen LogP contribution is -2.34. The van der Waals surface area contributed by atoms with Gasteiger partial charge in [-0.05, 0) is 41.8 Å². The number of hydrogen-bond acceptors (Lipinski definition) is 5. The molecular weight excluding hydrogens is 266 g/mol. The first-order valence-electron chi connectivity index (χ1n) is 7.20. The normalized spacial score (nSPS) is 30.4. The van der Waals surface area contributed by atoms with Crippen molar-refractivity contribution in [2.24, 2.45) is 5.41 Å². The lowest BCUT2D eigenvalue weighted by molar-refractivity contribution is 0.0781. The van der Waals surface area contributed by atoms with Gasteiger partial charge in [0.05, 0.1) is 29.4 Å². The van der Waals surface area contributed by atoms with Gasteiger partial charge in [0.1, 0.15) is 0 Å². The molecule has 6 heteroatoms. The molecule has 3 unspecified atom stereocenters. The Labute approximate surface area is 122 Å². The van der Waals surface area contributed by atoms with Crippen LogP contribution >= 0.6 is 0 Å². The summed E-state index contributed by atoms with van der Waals surface area (Å²) in [5.41, 5.74) is 0.430. The van der Waals surface area contributed by atoms with Crippen LogP contribution in [0.25, 0.3) is 5.69 Å². The smallest absolute Gasteiger partial charge is 0.158 e. The summed E-state index contributed by atoms with van der Waals surface area (Å²) in [6, 6.07) is 12.2. The molecule has 1 aromatic heterocycles. The Balaban J connectivity index is 1.67. The number of fused-ring (bicyclic) bond motifs is 2. The van der Waals surface area contributed by atoms with Crippen LogP contribution in [0.4, 0.5) is 0 Å². The first-order valence-corrected chi connectivity index (χ1v) is 7.20. The van der Waals surface area contributed by atoms with Crippen LogP contribution in [-0.2, 0) is 11.2 Å². The minimum Gasteiger partial charge on any atom is -0.373 e. The van der Waals surface area contributed by atoms with Gasteiger partial charge in [-0.2, -0.15) is 9.94 Å². The zero-order valence-electron chi connectivity index (χ0n) is 11.5. The summed E-state index contributed by atoms with van der Waals surface area (Å²) in [4.78, 5) is 0. The van der Waals surface area contributed by atoms with Gasteiger partial charge in [0.15, 0.2) is 5.82 Å². The fourth-order valence-corrected chi connectivity index (χ4v) is 3.51. The second-order valence-corrected chi connectivity index (χ2v) is 5.82. The number of ether oxygens (including phenoxy) is 1. The lowest BCUT2D eigenvalue weighted by atomic mass is 9.72. The van der Waals surface area contributed by atoms with Crippen molar-refractivity contribution >= 4 is 0 Å². The molecule has 0 N–H and O–H groups in total. The first kappa shape index (κ1) is 12.5. The van der Waals surface area contributed by atoms with Crippen LogP contribution in [0.1, 0.15) is 25.1 Å². The predicted octanol–water partition coefficient (Wildman–Crippen LogP) is 1.67. The van der Waals surface area contributed by atoms with Crippen molar-refractivity contribution in [3.63, 3.8) is 0 Å². The van der Waals surface area contributed by atoms with Gasteiger partial charge < -0.3 is 4.74 Å². The Morgan fingerprint density at radius 1 is 1.33 bits per heavy atom. The molecule has 2 aromatic rings. The second-order valence-electron chi connectivity index (χ2n) is 5.82. The molecule has 106 valence electrons. The van der Waals surface area contributed by atoms with E-state index in [4.69, 9.17) is 4.74 Å². The molecule has 6 nitrogen and oxygen atoms in total. The van der Waals surface area contributed by atoms with Crippen molar-refractivity contribution in [3.05, 3.63) is 36.2 Å². The summed E-state index contributed by atoms with van der Waals surface area (Å²) in [5.74, 6) is 0.721. The predicted molar refractivity (Wildman–Crippen MR) is 73.4 cm³/mol. The summed E-state index contributed by atoms with van der Waals surface area (Å²) in [5, 5.41) is 21.7. The molecule has 21 heavy (non-hydrogen) atoms. The van der Waals surface area contributed by atoms with Crippen LogP contribution in [0.2, 0.25) is 0 Å². The standard InChI is InChI=1S/C15H15N5O/c16-10-15(8-12-6-7-13(15)21-12)9-14-17-18-19-20(14)11-4-2-1-3-5-11/h1-5,12-13H,6-9H2. The van der Waals surface area contributed by atoms with Crippen LogP contribution in [0, 0.1) is 16.7 Å². The molecule has 1 aromatic carbocycles. The Kier molecular flexibility index (Phi) is 2.76. The van der Waals surface area contributed by atoms with E-state index < -0.39 is 5.41 Å². The summed E-state index contributed by atoms with van der Waals surface area (Å²) >= 11 is 0. The van der Waals surface area contributed by atoms with E-state index in [1.54, 1.807) is 4.68 Å². The van der Waals surface area contributed by atoms with Crippen molar-refractivity contribution in [1.29, 1.82) is 5.26 Å². The minimum atomic E-state index is -0.482. The van der Waals surface area contributed by atoms with Crippen molar-refractivity contribution in [3.8, 4) is 11.8 Å². The Bertz CT molecular complexity index is 692. The summed E-state index contributed by atoms with van der Waals surface area (Å²) < 4.78 is 7.59. The number of aromatic nitrogens is 4. The number of nitriles is 1. The molecule has 2 aliphatic rings. The third-order valence-corrected chi connectivity index (χ3v) is 4.55. The third-order valence-electron chi connectivity index (χ3n) is 4.55. The van der Waals surface area contributed by atoms with Crippen LogP contribution < -0.4 is 0 Å². The van der Waals surface area contributed by atoms with Crippen molar-refractivity contribution < 1.29 is 4.74 Å². The molecule has 3 heterocycles. The van der Waals surface area contributed by atoms with E-state index in [1.165, 1.54) is 0 Å². The number of nitrogens with zero attached hydrogens (tertiary/aromatic N) is 5. The first-order chi connectivity index (χ1) is 10.3. The molecule has 0 radical (unpaired) electrons.